The number of amides is 1. The average Bonchev–Trinajstić information content (AvgIpc) is 2.89. The molecule has 0 saturated carbocycles. The number of nitrogens with one attached hydrogen (secondary N) is 2. The minimum absolute atomic E-state index is 0.00292. The number of rotatable bonds is 9. The second-order valence-corrected chi connectivity index (χ2v) is 9.49. The molecule has 0 aliphatic heterocycles. The van der Waals surface area contributed by atoms with Crippen LogP contribution in [0.15, 0.2) is 83.5 Å². The maximum Gasteiger partial charge on any atom is 0.325 e. The van der Waals surface area contributed by atoms with Gasteiger partial charge in [-0.2, -0.15) is 0 Å². The Morgan fingerprint density at radius 1 is 1.00 bits per heavy atom. The first kappa shape index (κ1) is 27.2. The van der Waals surface area contributed by atoms with Gasteiger partial charge in [0, 0.05) is 23.1 Å². The van der Waals surface area contributed by atoms with Crippen LogP contribution in [0.25, 0.3) is 16.7 Å². The van der Waals surface area contributed by atoms with E-state index >= 15 is 4.39 Å². The molecule has 0 heterocycles. The third kappa shape index (κ3) is 6.87. The van der Waals surface area contributed by atoms with Crippen LogP contribution in [-0.2, 0) is 30.8 Å². The van der Waals surface area contributed by atoms with E-state index in [9.17, 15) is 18.0 Å². The number of hydrogen-bond donors (Lipinski definition) is 4. The van der Waals surface area contributed by atoms with Crippen molar-refractivity contribution in [3.05, 3.63) is 95.3 Å². The van der Waals surface area contributed by atoms with Crippen LogP contribution in [0.3, 0.4) is 0 Å². The molecule has 0 bridgehead atoms. The number of allylic oxidation sites excluding steroid dienone is 1. The van der Waals surface area contributed by atoms with Gasteiger partial charge >= 0.3 is 5.97 Å². The molecule has 3 aromatic rings. The summed E-state index contributed by atoms with van der Waals surface area (Å²) in [6, 6.07) is 19.2. The average molecular weight is 525 g/mol. The molecule has 0 spiro atoms. The molecule has 0 aromatic heterocycles. The SMILES string of the molecule is COC(=O)CNC(=O)/C(F)=C(/Cc1ccc(-c2ccccc2S(N)(=O)=O)cc1)c1cccc(C(=N)N)c1. The molecule has 37 heavy (non-hydrogen) atoms. The van der Waals surface area contributed by atoms with Crippen molar-refractivity contribution in [2.75, 3.05) is 13.7 Å². The number of methoxy groups -OCH3 is 1. The number of nitrogen functional groups attached to an aromatic ring is 1. The van der Waals surface area contributed by atoms with Crippen LogP contribution in [0.5, 0.6) is 0 Å². The van der Waals surface area contributed by atoms with Crippen LogP contribution < -0.4 is 16.2 Å². The Hall–Kier alpha value is -4.35. The van der Waals surface area contributed by atoms with Gasteiger partial charge in [0.15, 0.2) is 5.83 Å². The second kappa shape index (κ2) is 11.6. The number of benzene rings is 3. The molecule has 0 aliphatic carbocycles. The number of carbonyl (C=O) groups is 2. The molecule has 11 heteroatoms. The predicted octanol–water partition coefficient (Wildman–Crippen LogP) is 2.50. The van der Waals surface area contributed by atoms with Gasteiger partial charge in [-0.3, -0.25) is 15.0 Å². The lowest BCUT2D eigenvalue weighted by Crippen LogP contribution is -2.30. The topological polar surface area (TPSA) is 165 Å². The van der Waals surface area contributed by atoms with E-state index < -0.39 is 34.3 Å². The third-order valence-electron chi connectivity index (χ3n) is 5.45. The first-order valence-corrected chi connectivity index (χ1v) is 12.5. The van der Waals surface area contributed by atoms with Crippen LogP contribution in [0.1, 0.15) is 16.7 Å². The van der Waals surface area contributed by atoms with Gasteiger partial charge in [0.2, 0.25) is 10.0 Å². The minimum Gasteiger partial charge on any atom is -0.468 e. The van der Waals surface area contributed by atoms with Gasteiger partial charge in [0.25, 0.3) is 5.91 Å². The summed E-state index contributed by atoms with van der Waals surface area (Å²) >= 11 is 0. The van der Waals surface area contributed by atoms with Crippen LogP contribution in [0, 0.1) is 5.41 Å². The number of carbonyl (C=O) groups excluding carboxylic acids is 2. The molecule has 0 atom stereocenters. The summed E-state index contributed by atoms with van der Waals surface area (Å²) < 4.78 is 43.8. The van der Waals surface area contributed by atoms with Crippen LogP contribution in [-0.4, -0.2) is 39.8 Å². The zero-order valence-electron chi connectivity index (χ0n) is 19.8. The summed E-state index contributed by atoms with van der Waals surface area (Å²) in [4.78, 5) is 23.8. The van der Waals surface area contributed by atoms with Crippen LogP contribution in [0.2, 0.25) is 0 Å². The maximum absolute atomic E-state index is 15.4. The molecule has 0 saturated heterocycles. The highest BCUT2D eigenvalue weighted by atomic mass is 32.2. The molecule has 192 valence electrons. The summed E-state index contributed by atoms with van der Waals surface area (Å²) in [7, 11) is -2.81. The normalized spacial score (nSPS) is 11.9. The number of hydrogen-bond acceptors (Lipinski definition) is 6. The molecular formula is C26H25FN4O5S. The first-order chi connectivity index (χ1) is 17.5. The molecular weight excluding hydrogens is 499 g/mol. The van der Waals surface area contributed by atoms with E-state index in [0.717, 1.165) is 7.11 Å². The second-order valence-electron chi connectivity index (χ2n) is 7.96. The lowest BCUT2D eigenvalue weighted by molar-refractivity contribution is -0.140. The van der Waals surface area contributed by atoms with E-state index in [-0.39, 0.29) is 22.7 Å². The lowest BCUT2D eigenvalue weighted by Gasteiger charge is -2.13. The molecule has 0 radical (unpaired) electrons. The van der Waals surface area contributed by atoms with Gasteiger partial charge in [-0.25, -0.2) is 17.9 Å². The highest BCUT2D eigenvalue weighted by Gasteiger charge is 2.20. The van der Waals surface area contributed by atoms with Gasteiger partial charge in [-0.1, -0.05) is 60.7 Å². The van der Waals surface area contributed by atoms with E-state index in [0.29, 0.717) is 27.8 Å². The van der Waals surface area contributed by atoms with Crippen LogP contribution >= 0.6 is 0 Å². The van der Waals surface area contributed by atoms with Crippen molar-refractivity contribution in [2.24, 2.45) is 10.9 Å². The largest absolute Gasteiger partial charge is 0.468 e. The number of primary sulfonamides is 1. The Labute approximate surface area is 213 Å². The Kier molecular flexibility index (Phi) is 8.53. The molecule has 6 N–H and O–H groups in total. The van der Waals surface area contributed by atoms with E-state index in [2.05, 4.69) is 10.1 Å². The summed E-state index contributed by atoms with van der Waals surface area (Å²) in [5.41, 5.74) is 7.83. The van der Waals surface area contributed by atoms with Crippen molar-refractivity contribution in [1.29, 1.82) is 5.41 Å². The van der Waals surface area contributed by atoms with Crippen LogP contribution in [0.4, 0.5) is 4.39 Å². The van der Waals surface area contributed by atoms with Gasteiger partial charge in [0.05, 0.1) is 12.0 Å². The van der Waals surface area contributed by atoms with Gasteiger partial charge in [-0.15, -0.1) is 0 Å². The van der Waals surface area contributed by atoms with Crippen molar-refractivity contribution in [3.8, 4) is 11.1 Å². The molecule has 0 aliphatic rings. The predicted molar refractivity (Wildman–Crippen MR) is 137 cm³/mol. The minimum atomic E-state index is -3.95. The quantitative estimate of drug-likeness (QED) is 0.145. The fourth-order valence-corrected chi connectivity index (χ4v) is 4.34. The highest BCUT2D eigenvalue weighted by molar-refractivity contribution is 7.89. The van der Waals surface area contributed by atoms with Gasteiger partial charge in [0.1, 0.15) is 12.4 Å². The van der Waals surface area contributed by atoms with Crippen molar-refractivity contribution < 1.29 is 27.1 Å². The monoisotopic (exact) mass is 524 g/mol. The van der Waals surface area contributed by atoms with Crippen molar-refractivity contribution >= 4 is 33.3 Å². The van der Waals surface area contributed by atoms with E-state index in [4.69, 9.17) is 16.3 Å². The van der Waals surface area contributed by atoms with Crippen molar-refractivity contribution in [3.63, 3.8) is 0 Å². The Morgan fingerprint density at radius 3 is 2.27 bits per heavy atom. The molecule has 0 fully saturated rings. The van der Waals surface area contributed by atoms with E-state index in [1.54, 1.807) is 60.7 Å². The standard InChI is InChI=1S/C26H25FN4O5S/c1-36-23(32)15-31-26(33)24(27)21(18-5-4-6-19(14-18)25(28)29)13-16-9-11-17(12-10-16)20-7-2-3-8-22(20)37(30,34)35/h2-12,14H,13,15H2,1H3,(H3,28,29)(H,31,33)(H2,30,34,35)/b24-21+. The molecule has 0 unspecified atom stereocenters. The van der Waals surface area contributed by atoms with Crippen molar-refractivity contribution in [2.45, 2.75) is 11.3 Å². The zero-order chi connectivity index (χ0) is 27.2. The summed E-state index contributed by atoms with van der Waals surface area (Å²) in [5.74, 6) is -3.19. The molecule has 9 nitrogen and oxygen atoms in total. The number of nitrogens with two attached hydrogens (primary N) is 2. The Balaban J connectivity index is 2.00. The van der Waals surface area contributed by atoms with E-state index in [1.807, 2.05) is 0 Å². The smallest absolute Gasteiger partial charge is 0.325 e. The number of esters is 1. The maximum atomic E-state index is 15.4. The first-order valence-electron chi connectivity index (χ1n) is 10.9. The Bertz CT molecular complexity index is 1480. The summed E-state index contributed by atoms with van der Waals surface area (Å²) in [5, 5.41) is 15.2. The number of amidine groups is 1. The molecule has 3 aromatic carbocycles. The summed E-state index contributed by atoms with van der Waals surface area (Å²) in [6.07, 6.45) is -0.0318. The third-order valence-corrected chi connectivity index (χ3v) is 6.42. The number of ether oxygens (including phenoxy) is 1. The number of halogens is 1. The molecule has 3 rings (SSSR count). The lowest BCUT2D eigenvalue weighted by atomic mass is 9.94. The number of sulfonamides is 1. The highest BCUT2D eigenvalue weighted by Crippen LogP contribution is 2.29. The fraction of sp³-hybridized carbons (Fsp3) is 0.115. The van der Waals surface area contributed by atoms with Gasteiger partial charge < -0.3 is 15.8 Å². The Morgan fingerprint density at radius 2 is 1.65 bits per heavy atom. The van der Waals surface area contributed by atoms with Crippen molar-refractivity contribution in [1.82, 2.24) is 5.32 Å². The van der Waals surface area contributed by atoms with Gasteiger partial charge in [-0.05, 0) is 28.8 Å². The molecule has 1 amide bonds. The fourth-order valence-electron chi connectivity index (χ4n) is 3.58. The zero-order valence-corrected chi connectivity index (χ0v) is 20.6. The van der Waals surface area contributed by atoms with E-state index in [1.165, 1.54) is 12.1 Å². The summed E-state index contributed by atoms with van der Waals surface area (Å²) in [6.45, 7) is -0.512.